The number of sulfonamides is 1. The Balaban J connectivity index is 1.71. The van der Waals surface area contributed by atoms with E-state index in [1.54, 1.807) is 61.2 Å². The second-order valence-electron chi connectivity index (χ2n) is 7.13. The highest BCUT2D eigenvalue weighted by molar-refractivity contribution is 7.99. The second kappa shape index (κ2) is 11.4. The minimum Gasteiger partial charge on any atom is -0.496 e. The van der Waals surface area contributed by atoms with Crippen LogP contribution in [-0.4, -0.2) is 40.3 Å². The lowest BCUT2D eigenvalue weighted by Crippen LogP contribution is -2.41. The first kappa shape index (κ1) is 25.0. The molecule has 3 aromatic carbocycles. The Labute approximate surface area is 204 Å². The van der Waals surface area contributed by atoms with E-state index in [2.05, 4.69) is 5.32 Å². The van der Waals surface area contributed by atoms with Crippen LogP contribution in [0.2, 0.25) is 5.02 Å². The highest BCUT2D eigenvalue weighted by atomic mass is 35.5. The van der Waals surface area contributed by atoms with Gasteiger partial charge < -0.3 is 10.1 Å². The van der Waals surface area contributed by atoms with Gasteiger partial charge in [-0.1, -0.05) is 29.8 Å². The monoisotopic (exact) mass is 504 g/mol. The maximum Gasteiger partial charge on any atom is 0.264 e. The molecule has 0 aromatic heterocycles. The molecule has 0 heterocycles. The van der Waals surface area contributed by atoms with Crippen LogP contribution in [0.4, 0.5) is 5.69 Å². The summed E-state index contributed by atoms with van der Waals surface area (Å²) in [7, 11) is -2.44. The summed E-state index contributed by atoms with van der Waals surface area (Å²) in [6.45, 7) is 1.84. The van der Waals surface area contributed by atoms with Crippen molar-refractivity contribution >= 4 is 45.0 Å². The number of nitrogens with zero attached hydrogens (tertiary/aromatic N) is 1. The fraction of sp³-hybridized carbons (Fsp3) is 0.208. The summed E-state index contributed by atoms with van der Waals surface area (Å²) in [4.78, 5) is 13.8. The molecular weight excluding hydrogens is 480 g/mol. The van der Waals surface area contributed by atoms with Crippen molar-refractivity contribution in [1.82, 2.24) is 5.32 Å². The first-order valence-electron chi connectivity index (χ1n) is 10.2. The van der Waals surface area contributed by atoms with Crippen molar-refractivity contribution in [2.24, 2.45) is 0 Å². The Kier molecular flexibility index (Phi) is 8.66. The Bertz CT molecular complexity index is 1190. The molecule has 0 radical (unpaired) electrons. The van der Waals surface area contributed by atoms with Crippen LogP contribution in [0.25, 0.3) is 0 Å². The summed E-state index contributed by atoms with van der Waals surface area (Å²) >= 11 is 7.47. The van der Waals surface area contributed by atoms with Gasteiger partial charge in [0.05, 0.1) is 17.7 Å². The van der Waals surface area contributed by atoms with Crippen molar-refractivity contribution in [2.75, 3.05) is 30.3 Å². The van der Waals surface area contributed by atoms with Gasteiger partial charge in [-0.05, 0) is 67.1 Å². The standard InChI is InChI=1S/C24H25ClN2O4S2/c1-18-16-22(12-13-23(18)31-2)33(29,30)27(20-6-4-3-5-7-20)17-24(28)26-14-15-32-21-10-8-19(25)9-11-21/h3-13,16H,14-15,17H2,1-2H3,(H,26,28). The summed E-state index contributed by atoms with van der Waals surface area (Å²) in [5.74, 6) is 0.851. The fourth-order valence-electron chi connectivity index (χ4n) is 3.12. The summed E-state index contributed by atoms with van der Waals surface area (Å²) in [5.41, 5.74) is 1.10. The predicted molar refractivity (Wildman–Crippen MR) is 134 cm³/mol. The quantitative estimate of drug-likeness (QED) is 0.318. The van der Waals surface area contributed by atoms with Crippen molar-refractivity contribution in [3.8, 4) is 5.75 Å². The minimum absolute atomic E-state index is 0.0933. The number of nitrogens with one attached hydrogen (secondary N) is 1. The average molecular weight is 505 g/mol. The molecule has 0 aliphatic carbocycles. The Morgan fingerprint density at radius 2 is 1.76 bits per heavy atom. The summed E-state index contributed by atoms with van der Waals surface area (Å²) in [6.07, 6.45) is 0. The molecule has 0 unspecified atom stereocenters. The van der Waals surface area contributed by atoms with Gasteiger partial charge in [-0.15, -0.1) is 11.8 Å². The van der Waals surface area contributed by atoms with Crippen LogP contribution >= 0.6 is 23.4 Å². The lowest BCUT2D eigenvalue weighted by molar-refractivity contribution is -0.119. The number of para-hydroxylation sites is 1. The predicted octanol–water partition coefficient (Wildman–Crippen LogP) is 4.76. The number of aryl methyl sites for hydroxylation is 1. The normalized spacial score (nSPS) is 11.1. The zero-order valence-corrected chi connectivity index (χ0v) is 20.7. The molecule has 1 N–H and O–H groups in total. The minimum atomic E-state index is -3.98. The lowest BCUT2D eigenvalue weighted by atomic mass is 10.2. The van der Waals surface area contributed by atoms with Crippen LogP contribution in [0.1, 0.15) is 5.56 Å². The zero-order chi connectivity index (χ0) is 23.8. The van der Waals surface area contributed by atoms with Crippen LogP contribution in [0, 0.1) is 6.92 Å². The van der Waals surface area contributed by atoms with Gasteiger partial charge in [0.1, 0.15) is 12.3 Å². The van der Waals surface area contributed by atoms with E-state index in [9.17, 15) is 13.2 Å². The molecule has 0 aliphatic rings. The molecule has 3 rings (SSSR count). The molecule has 6 nitrogen and oxygen atoms in total. The fourth-order valence-corrected chi connectivity index (χ4v) is 5.53. The summed E-state index contributed by atoms with van der Waals surface area (Å²) in [6, 6.07) is 20.7. The highest BCUT2D eigenvalue weighted by Gasteiger charge is 2.27. The van der Waals surface area contributed by atoms with Crippen molar-refractivity contribution in [3.05, 3.63) is 83.4 Å². The number of thioether (sulfide) groups is 1. The Hall–Kier alpha value is -2.68. The number of hydrogen-bond donors (Lipinski definition) is 1. The third-order valence-electron chi connectivity index (χ3n) is 4.79. The van der Waals surface area contributed by atoms with Crippen molar-refractivity contribution in [1.29, 1.82) is 0 Å². The van der Waals surface area contributed by atoms with E-state index in [1.165, 1.54) is 13.2 Å². The van der Waals surface area contributed by atoms with Gasteiger partial charge in [0.15, 0.2) is 0 Å². The molecule has 174 valence electrons. The van der Waals surface area contributed by atoms with Gasteiger partial charge in [0.2, 0.25) is 5.91 Å². The van der Waals surface area contributed by atoms with Crippen molar-refractivity contribution in [3.63, 3.8) is 0 Å². The van der Waals surface area contributed by atoms with E-state index < -0.39 is 10.0 Å². The third-order valence-corrected chi connectivity index (χ3v) is 7.83. The van der Waals surface area contributed by atoms with Crippen molar-refractivity contribution in [2.45, 2.75) is 16.7 Å². The SMILES string of the molecule is COc1ccc(S(=O)(=O)N(CC(=O)NCCSc2ccc(Cl)cc2)c2ccccc2)cc1C. The van der Waals surface area contributed by atoms with Gasteiger partial charge in [-0.2, -0.15) is 0 Å². The molecule has 33 heavy (non-hydrogen) atoms. The summed E-state index contributed by atoms with van der Waals surface area (Å²) < 4.78 is 33.3. The molecule has 0 saturated carbocycles. The van der Waals surface area contributed by atoms with Gasteiger partial charge in [0.25, 0.3) is 10.0 Å². The Morgan fingerprint density at radius 3 is 2.39 bits per heavy atom. The number of ether oxygens (including phenoxy) is 1. The maximum absolute atomic E-state index is 13.5. The van der Waals surface area contributed by atoms with Gasteiger partial charge in [-0.25, -0.2) is 8.42 Å². The molecule has 0 aliphatic heterocycles. The van der Waals surface area contributed by atoms with E-state index in [-0.39, 0.29) is 17.3 Å². The number of hydrogen-bond acceptors (Lipinski definition) is 5. The van der Waals surface area contributed by atoms with E-state index in [0.717, 1.165) is 9.20 Å². The van der Waals surface area contributed by atoms with Crippen LogP contribution in [0.5, 0.6) is 5.75 Å². The van der Waals surface area contributed by atoms with Crippen molar-refractivity contribution < 1.29 is 17.9 Å². The number of amides is 1. The first-order chi connectivity index (χ1) is 15.8. The molecule has 9 heteroatoms. The summed E-state index contributed by atoms with van der Waals surface area (Å²) in [5, 5.41) is 3.47. The number of halogens is 1. The number of benzene rings is 3. The van der Waals surface area contributed by atoms with Gasteiger partial charge in [-0.3, -0.25) is 9.10 Å². The third kappa shape index (κ3) is 6.66. The lowest BCUT2D eigenvalue weighted by Gasteiger charge is -2.24. The van der Waals surface area contributed by atoms with Crippen LogP contribution in [0.15, 0.2) is 82.6 Å². The number of carbonyl (C=O) groups is 1. The van der Waals surface area contributed by atoms with Gasteiger partial charge in [0, 0.05) is 22.2 Å². The molecule has 0 bridgehead atoms. The molecule has 1 amide bonds. The van der Waals surface area contributed by atoms with Crippen LogP contribution in [0.3, 0.4) is 0 Å². The second-order valence-corrected chi connectivity index (χ2v) is 10.6. The molecule has 0 fully saturated rings. The zero-order valence-electron chi connectivity index (χ0n) is 18.3. The van der Waals surface area contributed by atoms with E-state index in [4.69, 9.17) is 16.3 Å². The average Bonchev–Trinajstić information content (AvgIpc) is 2.82. The topological polar surface area (TPSA) is 75.7 Å². The molecule has 3 aromatic rings. The van der Waals surface area contributed by atoms with Crippen LogP contribution in [-0.2, 0) is 14.8 Å². The smallest absolute Gasteiger partial charge is 0.264 e. The highest BCUT2D eigenvalue weighted by Crippen LogP contribution is 2.27. The molecular formula is C24H25ClN2O4S2. The molecule has 0 spiro atoms. The molecule has 0 saturated heterocycles. The van der Waals surface area contributed by atoms with E-state index >= 15 is 0 Å². The number of rotatable bonds is 10. The van der Waals surface area contributed by atoms with E-state index in [1.807, 2.05) is 24.3 Å². The van der Waals surface area contributed by atoms with Gasteiger partial charge >= 0.3 is 0 Å². The maximum atomic E-state index is 13.5. The number of methoxy groups -OCH3 is 1. The van der Waals surface area contributed by atoms with E-state index in [0.29, 0.717) is 34.3 Å². The Morgan fingerprint density at radius 1 is 1.06 bits per heavy atom. The number of anilines is 1. The molecule has 0 atom stereocenters. The number of carbonyl (C=O) groups excluding carboxylic acids is 1. The first-order valence-corrected chi connectivity index (χ1v) is 13.0. The largest absolute Gasteiger partial charge is 0.496 e. The van der Waals surface area contributed by atoms with Crippen LogP contribution < -0.4 is 14.4 Å².